The minimum atomic E-state index is 0.618. The van der Waals surface area contributed by atoms with E-state index >= 15 is 0 Å². The molecule has 1 heterocycles. The molecule has 5 nitrogen and oxygen atoms in total. The molecule has 0 fully saturated rings. The zero-order valence-electron chi connectivity index (χ0n) is 25.8. The first-order valence-corrected chi connectivity index (χ1v) is 14.4. The van der Waals surface area contributed by atoms with Crippen molar-refractivity contribution < 1.29 is 9.47 Å². The highest BCUT2D eigenvalue weighted by Crippen LogP contribution is 2.39. The Hall–Kier alpha value is -3.34. The predicted molar refractivity (Wildman–Crippen MR) is 167 cm³/mol. The second kappa shape index (κ2) is 13.6. The van der Waals surface area contributed by atoms with Gasteiger partial charge in [-0.25, -0.2) is 0 Å². The molecule has 3 rings (SSSR count). The van der Waals surface area contributed by atoms with Crippen molar-refractivity contribution in [3.63, 3.8) is 0 Å². The second-order valence-electron chi connectivity index (χ2n) is 10.8. The van der Waals surface area contributed by atoms with E-state index in [1.807, 2.05) is 13.8 Å². The first-order chi connectivity index (χ1) is 18.6. The lowest BCUT2D eigenvalue weighted by atomic mass is 10.1. The number of nitrogens with one attached hydrogen (secondary N) is 1. The Bertz CT molecular complexity index is 1210. The zero-order valence-corrected chi connectivity index (χ0v) is 25.8. The third kappa shape index (κ3) is 7.40. The maximum Gasteiger partial charge on any atom is 0.188 e. The van der Waals surface area contributed by atoms with Gasteiger partial charge in [-0.15, -0.1) is 0 Å². The number of H-pyrrole nitrogens is 1. The highest BCUT2D eigenvalue weighted by molar-refractivity contribution is 6.08. The first kappa shape index (κ1) is 30.2. The van der Waals surface area contributed by atoms with Crippen molar-refractivity contribution >= 4 is 22.8 Å². The molecule has 3 aromatic rings. The Balaban J connectivity index is 2.21. The lowest BCUT2D eigenvalue weighted by Gasteiger charge is -2.13. The van der Waals surface area contributed by atoms with Crippen molar-refractivity contribution in [3.8, 4) is 11.5 Å². The summed E-state index contributed by atoms with van der Waals surface area (Å²) in [7, 11) is 0. The first-order valence-electron chi connectivity index (χ1n) is 14.4. The quantitative estimate of drug-likeness (QED) is 0.188. The van der Waals surface area contributed by atoms with E-state index in [1.165, 1.54) is 11.1 Å². The molecular formula is C34H47N3O2. The van der Waals surface area contributed by atoms with Crippen LogP contribution in [0.2, 0.25) is 0 Å². The van der Waals surface area contributed by atoms with Crippen molar-refractivity contribution in [2.45, 2.75) is 94.9 Å². The van der Waals surface area contributed by atoms with Gasteiger partial charge >= 0.3 is 0 Å². The van der Waals surface area contributed by atoms with Crippen molar-refractivity contribution in [1.29, 1.82) is 0 Å². The van der Waals surface area contributed by atoms with E-state index in [1.54, 1.807) is 0 Å². The zero-order chi connectivity index (χ0) is 28.7. The van der Waals surface area contributed by atoms with Crippen LogP contribution in [0, 0.1) is 41.5 Å². The Labute approximate surface area is 235 Å². The van der Waals surface area contributed by atoms with Gasteiger partial charge in [0.05, 0.1) is 36.0 Å². The fourth-order valence-electron chi connectivity index (χ4n) is 5.03. The molecule has 0 aliphatic carbocycles. The molecule has 0 aliphatic rings. The van der Waals surface area contributed by atoms with Crippen LogP contribution in [0.5, 0.6) is 11.5 Å². The summed E-state index contributed by atoms with van der Waals surface area (Å²) in [5.74, 6) is 1.45. The Morgan fingerprint density at radius 2 is 0.949 bits per heavy atom. The van der Waals surface area contributed by atoms with Crippen LogP contribution in [-0.4, -0.2) is 29.6 Å². The molecule has 39 heavy (non-hydrogen) atoms. The van der Waals surface area contributed by atoms with Crippen molar-refractivity contribution in [1.82, 2.24) is 4.98 Å². The second-order valence-corrected chi connectivity index (χ2v) is 10.8. The average molecular weight is 530 g/mol. The maximum atomic E-state index is 6.43. The Morgan fingerprint density at radius 1 is 0.615 bits per heavy atom. The topological polar surface area (TPSA) is 59.0 Å². The van der Waals surface area contributed by atoms with E-state index in [2.05, 4.69) is 84.6 Å². The molecule has 0 saturated heterocycles. The van der Waals surface area contributed by atoms with Gasteiger partial charge < -0.3 is 14.5 Å². The maximum absolute atomic E-state index is 6.43. The van der Waals surface area contributed by atoms with Crippen LogP contribution in [0.4, 0.5) is 11.4 Å². The van der Waals surface area contributed by atoms with Crippen LogP contribution in [-0.2, 0) is 0 Å². The number of rotatable bonds is 12. The Morgan fingerprint density at radius 3 is 1.26 bits per heavy atom. The van der Waals surface area contributed by atoms with Crippen LogP contribution in [0.15, 0.2) is 34.3 Å². The van der Waals surface area contributed by atoms with Gasteiger partial charge in [-0.1, -0.05) is 62.1 Å². The van der Waals surface area contributed by atoms with Gasteiger partial charge in [-0.05, 0) is 90.5 Å². The number of unbranched alkanes of at least 4 members (excludes halogenated alkanes) is 2. The van der Waals surface area contributed by atoms with Gasteiger partial charge in [0.25, 0.3) is 0 Å². The van der Waals surface area contributed by atoms with Gasteiger partial charge in [-0.3, -0.25) is 9.98 Å². The summed E-state index contributed by atoms with van der Waals surface area (Å²) in [6.45, 7) is 22.4. The monoisotopic (exact) mass is 529 g/mol. The van der Waals surface area contributed by atoms with Gasteiger partial charge in [-0.2, -0.15) is 0 Å². The third-order valence-corrected chi connectivity index (χ3v) is 6.95. The highest BCUT2D eigenvalue weighted by Gasteiger charge is 2.25. The number of hydrogen-bond donors (Lipinski definition) is 1. The van der Waals surface area contributed by atoms with Crippen LogP contribution in [0.3, 0.4) is 0 Å². The SMILES string of the molecule is CCCCOc1c(C(C)=Nc2c(C)cc(C)cc2C)[nH]c(C(C)=Nc2c(C)cc(C)cc2C)c1OCCCC. The van der Waals surface area contributed by atoms with E-state index in [9.17, 15) is 0 Å². The fraction of sp³-hybridized carbons (Fsp3) is 0.471. The number of aliphatic imine (C=N–C) groups is 2. The van der Waals surface area contributed by atoms with Crippen molar-refractivity contribution in [2.75, 3.05) is 13.2 Å². The molecule has 0 amide bonds. The number of benzene rings is 2. The summed E-state index contributed by atoms with van der Waals surface area (Å²) in [5, 5.41) is 0. The normalized spacial score (nSPS) is 12.3. The number of hydrogen-bond acceptors (Lipinski definition) is 4. The molecule has 1 N–H and O–H groups in total. The van der Waals surface area contributed by atoms with E-state index in [0.717, 1.165) is 93.6 Å². The van der Waals surface area contributed by atoms with E-state index in [4.69, 9.17) is 19.5 Å². The molecule has 0 spiro atoms. The molecule has 0 radical (unpaired) electrons. The molecule has 0 unspecified atom stereocenters. The van der Waals surface area contributed by atoms with Gasteiger partial charge in [0.2, 0.25) is 0 Å². The van der Waals surface area contributed by atoms with Crippen LogP contribution in [0.1, 0.15) is 98.1 Å². The fourth-order valence-corrected chi connectivity index (χ4v) is 5.03. The van der Waals surface area contributed by atoms with Crippen LogP contribution in [0.25, 0.3) is 0 Å². The van der Waals surface area contributed by atoms with Crippen LogP contribution < -0.4 is 9.47 Å². The molecule has 5 heteroatoms. The van der Waals surface area contributed by atoms with Gasteiger partial charge in [0.1, 0.15) is 11.4 Å². The molecule has 1 aromatic heterocycles. The summed E-state index contributed by atoms with van der Waals surface area (Å²) in [4.78, 5) is 13.8. The number of aromatic nitrogens is 1. The average Bonchev–Trinajstić information content (AvgIpc) is 3.22. The number of aryl methyl sites for hydroxylation is 6. The lowest BCUT2D eigenvalue weighted by Crippen LogP contribution is -2.05. The smallest absolute Gasteiger partial charge is 0.188 e. The number of nitrogens with zero attached hydrogens (tertiary/aromatic N) is 2. The summed E-state index contributed by atoms with van der Waals surface area (Å²) in [5.41, 5.74) is 12.5. The van der Waals surface area contributed by atoms with Crippen molar-refractivity contribution in [2.24, 2.45) is 9.98 Å². The summed E-state index contributed by atoms with van der Waals surface area (Å²) in [6.07, 6.45) is 4.05. The number of ether oxygens (including phenoxy) is 2. The number of aromatic amines is 1. The molecule has 0 bridgehead atoms. The third-order valence-electron chi connectivity index (χ3n) is 6.95. The lowest BCUT2D eigenvalue weighted by molar-refractivity contribution is 0.263. The molecule has 210 valence electrons. The van der Waals surface area contributed by atoms with Crippen LogP contribution >= 0.6 is 0 Å². The van der Waals surface area contributed by atoms with Crippen molar-refractivity contribution in [3.05, 3.63) is 69.0 Å². The van der Waals surface area contributed by atoms with Gasteiger partial charge in [0, 0.05) is 0 Å². The minimum absolute atomic E-state index is 0.618. The summed E-state index contributed by atoms with van der Waals surface area (Å²) < 4.78 is 12.9. The molecule has 2 aromatic carbocycles. The van der Waals surface area contributed by atoms with E-state index < -0.39 is 0 Å². The predicted octanol–water partition coefficient (Wildman–Crippen LogP) is 9.50. The molecular weight excluding hydrogens is 482 g/mol. The molecule has 0 atom stereocenters. The standard InChI is InChI=1S/C34H47N3O2/c1-11-13-15-38-33-31(27(9)35-29-23(5)17-21(3)18-24(29)6)37-32(34(33)39-16-14-12-2)28(10)36-30-25(7)19-22(4)20-26(30)8/h17-20,37H,11-16H2,1-10H3. The largest absolute Gasteiger partial charge is 0.488 e. The molecule has 0 saturated carbocycles. The summed E-state index contributed by atoms with van der Waals surface area (Å²) >= 11 is 0. The van der Waals surface area contributed by atoms with E-state index in [0.29, 0.717) is 13.2 Å². The summed E-state index contributed by atoms with van der Waals surface area (Å²) in [6, 6.07) is 8.72. The van der Waals surface area contributed by atoms with Gasteiger partial charge in [0.15, 0.2) is 11.5 Å². The minimum Gasteiger partial charge on any atom is -0.488 e. The Kier molecular flexibility index (Phi) is 10.6. The highest BCUT2D eigenvalue weighted by atomic mass is 16.5. The van der Waals surface area contributed by atoms with E-state index in [-0.39, 0.29) is 0 Å². The molecule has 0 aliphatic heterocycles.